The highest BCUT2D eigenvalue weighted by molar-refractivity contribution is 7.99. The van der Waals surface area contributed by atoms with Crippen molar-refractivity contribution in [2.24, 2.45) is 7.05 Å². The van der Waals surface area contributed by atoms with Crippen molar-refractivity contribution >= 4 is 39.2 Å². The standard InChI is InChI=1S/C22H27N5OS2/c1-25(14-20-23-17-5-3-4-6-19(17)30-20)15-7-8-18-16(13-15)21(24-26(18)2)22(28)27-9-11-29-12-10-27/h3-6,15H,7-14H2,1-2H3. The van der Waals surface area contributed by atoms with Gasteiger partial charge in [0.25, 0.3) is 5.91 Å². The number of hydrogen-bond acceptors (Lipinski definition) is 6. The highest BCUT2D eigenvalue weighted by Gasteiger charge is 2.32. The molecule has 1 aliphatic carbocycles. The quantitative estimate of drug-likeness (QED) is 0.622. The molecule has 0 spiro atoms. The highest BCUT2D eigenvalue weighted by atomic mass is 32.2. The Morgan fingerprint density at radius 1 is 1.27 bits per heavy atom. The number of para-hydroxylation sites is 1. The summed E-state index contributed by atoms with van der Waals surface area (Å²) in [6, 6.07) is 8.72. The second kappa shape index (κ2) is 8.32. The average Bonchev–Trinajstić information content (AvgIpc) is 3.33. The van der Waals surface area contributed by atoms with Crippen molar-refractivity contribution in [1.82, 2.24) is 24.6 Å². The maximum absolute atomic E-state index is 13.2. The van der Waals surface area contributed by atoms with Crippen LogP contribution in [0.5, 0.6) is 0 Å². The maximum atomic E-state index is 13.2. The van der Waals surface area contributed by atoms with E-state index < -0.39 is 0 Å². The van der Waals surface area contributed by atoms with Crippen LogP contribution in [0.15, 0.2) is 24.3 Å². The summed E-state index contributed by atoms with van der Waals surface area (Å²) in [5.74, 6) is 2.16. The van der Waals surface area contributed by atoms with Crippen LogP contribution in [0.3, 0.4) is 0 Å². The molecular weight excluding hydrogens is 414 g/mol. The van der Waals surface area contributed by atoms with E-state index in [1.54, 1.807) is 11.3 Å². The molecule has 2 aromatic heterocycles. The van der Waals surface area contributed by atoms with Crippen molar-refractivity contribution in [3.63, 3.8) is 0 Å². The van der Waals surface area contributed by atoms with Crippen LogP contribution in [0.1, 0.15) is 33.2 Å². The summed E-state index contributed by atoms with van der Waals surface area (Å²) in [6.07, 6.45) is 2.94. The first-order valence-electron chi connectivity index (χ1n) is 10.6. The van der Waals surface area contributed by atoms with Gasteiger partial charge in [0, 0.05) is 48.9 Å². The van der Waals surface area contributed by atoms with Crippen molar-refractivity contribution in [1.29, 1.82) is 0 Å². The number of thiazole rings is 1. The topological polar surface area (TPSA) is 54.3 Å². The zero-order valence-electron chi connectivity index (χ0n) is 17.5. The van der Waals surface area contributed by atoms with Gasteiger partial charge in [0.1, 0.15) is 5.01 Å². The number of aromatic nitrogens is 3. The molecule has 1 aliphatic heterocycles. The van der Waals surface area contributed by atoms with Crippen molar-refractivity contribution in [3.05, 3.63) is 46.2 Å². The molecule has 1 fully saturated rings. The van der Waals surface area contributed by atoms with Crippen LogP contribution in [0.4, 0.5) is 0 Å². The van der Waals surface area contributed by atoms with Crippen molar-refractivity contribution in [2.45, 2.75) is 31.8 Å². The summed E-state index contributed by atoms with van der Waals surface area (Å²) < 4.78 is 3.18. The van der Waals surface area contributed by atoms with E-state index >= 15 is 0 Å². The molecule has 3 aromatic rings. The van der Waals surface area contributed by atoms with Crippen molar-refractivity contribution in [2.75, 3.05) is 31.6 Å². The number of carbonyl (C=O) groups excluding carboxylic acids is 1. The monoisotopic (exact) mass is 441 g/mol. The van der Waals surface area contributed by atoms with E-state index in [-0.39, 0.29) is 5.91 Å². The van der Waals surface area contributed by atoms with Crippen LogP contribution in [-0.2, 0) is 26.4 Å². The van der Waals surface area contributed by atoms with Gasteiger partial charge in [-0.15, -0.1) is 11.3 Å². The Bertz CT molecular complexity index is 1040. The lowest BCUT2D eigenvalue weighted by Gasteiger charge is -2.31. The largest absolute Gasteiger partial charge is 0.336 e. The van der Waals surface area contributed by atoms with Crippen LogP contribution in [0.25, 0.3) is 10.2 Å². The predicted molar refractivity (Wildman–Crippen MR) is 123 cm³/mol. The Hall–Kier alpha value is -1.90. The van der Waals surface area contributed by atoms with Crippen LogP contribution in [0, 0.1) is 0 Å². The minimum absolute atomic E-state index is 0.113. The third kappa shape index (κ3) is 3.76. The van der Waals surface area contributed by atoms with Gasteiger partial charge in [0.05, 0.1) is 16.8 Å². The molecule has 158 valence electrons. The minimum atomic E-state index is 0.113. The zero-order valence-corrected chi connectivity index (χ0v) is 19.1. The lowest BCUT2D eigenvalue weighted by atomic mass is 9.90. The average molecular weight is 442 g/mol. The molecule has 1 saturated heterocycles. The molecule has 0 radical (unpaired) electrons. The lowest BCUT2D eigenvalue weighted by molar-refractivity contribution is 0.0763. The summed E-state index contributed by atoms with van der Waals surface area (Å²) in [5.41, 5.74) is 4.15. The van der Waals surface area contributed by atoms with E-state index in [0.717, 1.165) is 66.5 Å². The Morgan fingerprint density at radius 2 is 2.07 bits per heavy atom. The number of fused-ring (bicyclic) bond motifs is 2. The number of aryl methyl sites for hydroxylation is 1. The molecule has 8 heteroatoms. The molecule has 0 bridgehead atoms. The van der Waals surface area contributed by atoms with Gasteiger partial charge in [0.2, 0.25) is 0 Å². The van der Waals surface area contributed by atoms with Crippen molar-refractivity contribution < 1.29 is 4.79 Å². The molecule has 0 N–H and O–H groups in total. The van der Waals surface area contributed by atoms with Gasteiger partial charge >= 0.3 is 0 Å². The van der Waals surface area contributed by atoms with E-state index in [2.05, 4.69) is 35.2 Å². The number of thioether (sulfide) groups is 1. The smallest absolute Gasteiger partial charge is 0.274 e. The first kappa shape index (κ1) is 20.0. The van der Waals surface area contributed by atoms with Gasteiger partial charge in [0.15, 0.2) is 5.69 Å². The second-order valence-corrected chi connectivity index (χ2v) is 10.5. The fraction of sp³-hybridized carbons (Fsp3) is 0.500. The molecule has 6 nitrogen and oxygen atoms in total. The summed E-state index contributed by atoms with van der Waals surface area (Å²) >= 11 is 3.69. The number of carbonyl (C=O) groups is 1. The van der Waals surface area contributed by atoms with Gasteiger partial charge < -0.3 is 4.90 Å². The summed E-state index contributed by atoms with van der Waals surface area (Å²) in [4.78, 5) is 22.4. The Morgan fingerprint density at radius 3 is 2.87 bits per heavy atom. The third-order valence-electron chi connectivity index (χ3n) is 6.28. The molecular formula is C22H27N5OS2. The summed E-state index contributed by atoms with van der Waals surface area (Å²) in [7, 11) is 4.16. The van der Waals surface area contributed by atoms with Gasteiger partial charge in [-0.3, -0.25) is 14.4 Å². The number of amides is 1. The van der Waals surface area contributed by atoms with Gasteiger partial charge in [-0.2, -0.15) is 16.9 Å². The second-order valence-electron chi connectivity index (χ2n) is 8.19. The fourth-order valence-corrected chi connectivity index (χ4v) is 6.50. The SMILES string of the molecule is CN(Cc1nc2ccccc2s1)C1CCc2c(c(C(=O)N3CCSCC3)nn2C)C1. The van der Waals surface area contributed by atoms with Crippen LogP contribution < -0.4 is 0 Å². The maximum Gasteiger partial charge on any atom is 0.274 e. The van der Waals surface area contributed by atoms with Crippen LogP contribution >= 0.6 is 23.1 Å². The Kier molecular flexibility index (Phi) is 5.56. The normalized spacial score (nSPS) is 19.4. The number of likely N-dealkylation sites (N-methyl/N-ethyl adjacent to an activating group) is 1. The number of nitrogens with zero attached hydrogens (tertiary/aromatic N) is 5. The van der Waals surface area contributed by atoms with E-state index in [1.165, 1.54) is 10.4 Å². The summed E-state index contributed by atoms with van der Waals surface area (Å²) in [5, 5.41) is 5.81. The molecule has 1 amide bonds. The molecule has 1 atom stereocenters. The first-order valence-corrected chi connectivity index (χ1v) is 12.5. The number of benzene rings is 1. The molecule has 2 aliphatic rings. The Labute approximate surface area is 185 Å². The zero-order chi connectivity index (χ0) is 20.7. The molecule has 30 heavy (non-hydrogen) atoms. The van der Waals surface area contributed by atoms with Crippen LogP contribution in [0.2, 0.25) is 0 Å². The van der Waals surface area contributed by atoms with E-state index in [9.17, 15) is 4.79 Å². The fourth-order valence-electron chi connectivity index (χ4n) is 4.57. The molecule has 1 aromatic carbocycles. The van der Waals surface area contributed by atoms with Gasteiger partial charge in [-0.05, 0) is 38.4 Å². The molecule has 3 heterocycles. The van der Waals surface area contributed by atoms with Crippen molar-refractivity contribution in [3.8, 4) is 0 Å². The molecule has 1 unspecified atom stereocenters. The molecule has 5 rings (SSSR count). The highest BCUT2D eigenvalue weighted by Crippen LogP contribution is 2.29. The van der Waals surface area contributed by atoms with E-state index in [0.29, 0.717) is 11.7 Å². The molecule has 0 saturated carbocycles. The number of hydrogen-bond donors (Lipinski definition) is 0. The third-order valence-corrected chi connectivity index (χ3v) is 8.24. The Balaban J connectivity index is 1.34. The van der Waals surface area contributed by atoms with E-state index in [4.69, 9.17) is 4.98 Å². The lowest BCUT2D eigenvalue weighted by Crippen LogP contribution is -2.40. The minimum Gasteiger partial charge on any atom is -0.336 e. The van der Waals surface area contributed by atoms with Crippen LogP contribution in [-0.4, -0.2) is 68.2 Å². The first-order chi connectivity index (χ1) is 14.6. The van der Waals surface area contributed by atoms with Gasteiger partial charge in [-0.1, -0.05) is 12.1 Å². The van der Waals surface area contributed by atoms with E-state index in [1.807, 2.05) is 34.5 Å². The van der Waals surface area contributed by atoms with Gasteiger partial charge in [-0.25, -0.2) is 4.98 Å². The predicted octanol–water partition coefficient (Wildman–Crippen LogP) is 3.21. The number of rotatable bonds is 4. The summed E-state index contributed by atoms with van der Waals surface area (Å²) in [6.45, 7) is 2.50.